The Hall–Kier alpha value is -2.21. The molecule has 0 atom stereocenters. The molecule has 1 aromatic heterocycles. The Bertz CT molecular complexity index is 667. The molecule has 0 bridgehead atoms. The van der Waals surface area contributed by atoms with Crippen LogP contribution in [0.1, 0.15) is 10.5 Å². The van der Waals surface area contributed by atoms with Crippen molar-refractivity contribution >= 4 is 17.6 Å². The number of hydrogen-bond donors (Lipinski definition) is 1. The highest BCUT2D eigenvalue weighted by atomic mass is 35.5. The highest BCUT2D eigenvalue weighted by Gasteiger charge is 2.21. The molecular formula is C13H13ClN2O4. The Kier molecular flexibility index (Phi) is 3.85. The zero-order chi connectivity index (χ0) is 14.9. The third kappa shape index (κ3) is 2.30. The van der Waals surface area contributed by atoms with E-state index in [-0.39, 0.29) is 10.7 Å². The number of benzene rings is 1. The number of aromatic nitrogens is 2. The van der Waals surface area contributed by atoms with Crippen LogP contribution in [-0.2, 0) is 7.05 Å². The molecule has 0 fully saturated rings. The molecule has 0 saturated carbocycles. The van der Waals surface area contributed by atoms with Gasteiger partial charge in [0.05, 0.1) is 14.2 Å². The molecule has 106 valence electrons. The smallest absolute Gasteiger partial charge is 0.355 e. The summed E-state index contributed by atoms with van der Waals surface area (Å²) in [5, 5.41) is 13.3. The normalized spacial score (nSPS) is 10.4. The van der Waals surface area contributed by atoms with E-state index in [4.69, 9.17) is 26.2 Å². The van der Waals surface area contributed by atoms with Crippen LogP contribution in [0.3, 0.4) is 0 Å². The summed E-state index contributed by atoms with van der Waals surface area (Å²) in [4.78, 5) is 11.1. The van der Waals surface area contributed by atoms with Gasteiger partial charge in [0.2, 0.25) is 0 Å². The van der Waals surface area contributed by atoms with Crippen LogP contribution < -0.4 is 9.47 Å². The van der Waals surface area contributed by atoms with Crippen molar-refractivity contribution in [2.24, 2.45) is 7.05 Å². The molecule has 6 nitrogen and oxygen atoms in total. The first-order valence-corrected chi connectivity index (χ1v) is 6.05. The summed E-state index contributed by atoms with van der Waals surface area (Å²) >= 11 is 6.09. The lowest BCUT2D eigenvalue weighted by Crippen LogP contribution is -2.05. The Balaban J connectivity index is 2.58. The van der Waals surface area contributed by atoms with Crippen LogP contribution >= 0.6 is 11.6 Å². The lowest BCUT2D eigenvalue weighted by Gasteiger charge is -2.08. The summed E-state index contributed by atoms with van der Waals surface area (Å²) in [5.41, 5.74) is 0.972. The number of ether oxygens (including phenoxy) is 2. The van der Waals surface area contributed by atoms with Crippen molar-refractivity contribution in [3.05, 3.63) is 28.9 Å². The van der Waals surface area contributed by atoms with Gasteiger partial charge in [0, 0.05) is 12.6 Å². The van der Waals surface area contributed by atoms with E-state index in [1.54, 1.807) is 18.2 Å². The molecule has 1 N–H and O–H groups in total. The van der Waals surface area contributed by atoms with Gasteiger partial charge in [-0.3, -0.25) is 4.68 Å². The number of rotatable bonds is 4. The maximum Gasteiger partial charge on any atom is 0.355 e. The van der Waals surface area contributed by atoms with Crippen molar-refractivity contribution in [2.75, 3.05) is 14.2 Å². The number of carboxylic acid groups (broad SMARTS) is 1. The monoisotopic (exact) mass is 296 g/mol. The molecule has 2 rings (SSSR count). The number of nitrogens with zero attached hydrogens (tertiary/aromatic N) is 2. The molecule has 0 aliphatic carbocycles. The molecule has 0 saturated heterocycles. The van der Waals surface area contributed by atoms with E-state index in [9.17, 15) is 4.79 Å². The van der Waals surface area contributed by atoms with Gasteiger partial charge in [0.25, 0.3) is 0 Å². The van der Waals surface area contributed by atoms with Gasteiger partial charge in [-0.2, -0.15) is 5.10 Å². The second-order valence-electron chi connectivity index (χ2n) is 4.01. The Morgan fingerprint density at radius 3 is 2.45 bits per heavy atom. The van der Waals surface area contributed by atoms with E-state index in [0.717, 1.165) is 0 Å². The first-order valence-electron chi connectivity index (χ1n) is 5.67. The number of aromatic carboxylic acids is 1. The number of hydrogen-bond acceptors (Lipinski definition) is 4. The van der Waals surface area contributed by atoms with E-state index >= 15 is 0 Å². The summed E-state index contributed by atoms with van der Waals surface area (Å²) in [6, 6.07) is 5.14. The van der Waals surface area contributed by atoms with E-state index in [2.05, 4.69) is 5.10 Å². The third-order valence-electron chi connectivity index (χ3n) is 2.85. The molecule has 0 aliphatic rings. The summed E-state index contributed by atoms with van der Waals surface area (Å²) in [7, 11) is 4.58. The standard InChI is InChI=1S/C13H13ClN2O4/c1-16-12(13(17)18)10(14)11(15-16)7-4-5-8(19-2)9(6-7)20-3/h4-6H,1-3H3,(H,17,18). The first-order chi connectivity index (χ1) is 9.49. The second-order valence-corrected chi connectivity index (χ2v) is 4.39. The Morgan fingerprint density at radius 1 is 1.30 bits per heavy atom. The number of halogens is 1. The molecule has 0 radical (unpaired) electrons. The van der Waals surface area contributed by atoms with E-state index < -0.39 is 5.97 Å². The molecule has 0 amide bonds. The lowest BCUT2D eigenvalue weighted by molar-refractivity contribution is 0.0685. The predicted octanol–water partition coefficient (Wildman–Crippen LogP) is 2.46. The predicted molar refractivity (Wildman–Crippen MR) is 73.7 cm³/mol. The zero-order valence-corrected chi connectivity index (χ0v) is 11.9. The minimum Gasteiger partial charge on any atom is -0.493 e. The molecule has 20 heavy (non-hydrogen) atoms. The van der Waals surface area contributed by atoms with Gasteiger partial charge in [0.15, 0.2) is 17.2 Å². The molecule has 0 aliphatic heterocycles. The first kappa shape index (κ1) is 14.2. The van der Waals surface area contributed by atoms with E-state index in [0.29, 0.717) is 22.8 Å². The van der Waals surface area contributed by atoms with Crippen LogP contribution in [0.5, 0.6) is 11.5 Å². The molecule has 7 heteroatoms. The third-order valence-corrected chi connectivity index (χ3v) is 3.21. The molecular weight excluding hydrogens is 284 g/mol. The lowest BCUT2D eigenvalue weighted by atomic mass is 10.1. The fourth-order valence-electron chi connectivity index (χ4n) is 1.90. The van der Waals surface area contributed by atoms with Crippen LogP contribution in [0.25, 0.3) is 11.3 Å². The fourth-order valence-corrected chi connectivity index (χ4v) is 2.25. The van der Waals surface area contributed by atoms with Crippen LogP contribution in [0.2, 0.25) is 5.02 Å². The van der Waals surface area contributed by atoms with Gasteiger partial charge in [-0.1, -0.05) is 11.6 Å². The van der Waals surface area contributed by atoms with Crippen molar-refractivity contribution in [1.82, 2.24) is 9.78 Å². The van der Waals surface area contributed by atoms with Gasteiger partial charge in [-0.05, 0) is 18.2 Å². The minimum atomic E-state index is -1.13. The quantitative estimate of drug-likeness (QED) is 0.938. The molecule has 0 spiro atoms. The average Bonchev–Trinajstić information content (AvgIpc) is 2.73. The van der Waals surface area contributed by atoms with Gasteiger partial charge in [-0.15, -0.1) is 0 Å². The summed E-state index contributed by atoms with van der Waals surface area (Å²) < 4.78 is 11.6. The van der Waals surface area contributed by atoms with Gasteiger partial charge >= 0.3 is 5.97 Å². The second kappa shape index (κ2) is 5.42. The minimum absolute atomic E-state index is 0.0588. The summed E-state index contributed by atoms with van der Waals surface area (Å²) in [5.74, 6) is -0.0397. The van der Waals surface area contributed by atoms with Crippen molar-refractivity contribution < 1.29 is 19.4 Å². The van der Waals surface area contributed by atoms with Crippen LogP contribution in [-0.4, -0.2) is 35.1 Å². The SMILES string of the molecule is COc1ccc(-c2nn(C)c(C(=O)O)c2Cl)cc1OC. The average molecular weight is 297 g/mol. The molecule has 2 aromatic rings. The number of carboxylic acids is 1. The fraction of sp³-hybridized carbons (Fsp3) is 0.231. The van der Waals surface area contributed by atoms with Gasteiger partial charge < -0.3 is 14.6 Å². The van der Waals surface area contributed by atoms with Crippen molar-refractivity contribution in [3.63, 3.8) is 0 Å². The number of methoxy groups -OCH3 is 2. The Labute approximate surface area is 120 Å². The summed E-state index contributed by atoms with van der Waals surface area (Å²) in [6.07, 6.45) is 0. The van der Waals surface area contributed by atoms with Crippen molar-refractivity contribution in [2.45, 2.75) is 0 Å². The molecule has 1 aromatic carbocycles. The largest absolute Gasteiger partial charge is 0.493 e. The molecule has 0 unspecified atom stereocenters. The number of aryl methyl sites for hydroxylation is 1. The van der Waals surface area contributed by atoms with Gasteiger partial charge in [-0.25, -0.2) is 4.79 Å². The zero-order valence-electron chi connectivity index (χ0n) is 11.2. The van der Waals surface area contributed by atoms with Crippen LogP contribution in [0, 0.1) is 0 Å². The Morgan fingerprint density at radius 2 is 1.95 bits per heavy atom. The maximum absolute atomic E-state index is 11.1. The van der Waals surface area contributed by atoms with Crippen LogP contribution in [0.15, 0.2) is 18.2 Å². The van der Waals surface area contributed by atoms with Crippen LogP contribution in [0.4, 0.5) is 0 Å². The topological polar surface area (TPSA) is 73.6 Å². The highest BCUT2D eigenvalue weighted by Crippen LogP contribution is 2.35. The van der Waals surface area contributed by atoms with E-state index in [1.165, 1.54) is 25.9 Å². The van der Waals surface area contributed by atoms with Gasteiger partial charge in [0.1, 0.15) is 10.7 Å². The van der Waals surface area contributed by atoms with Crippen molar-refractivity contribution in [1.29, 1.82) is 0 Å². The molecule has 1 heterocycles. The number of carbonyl (C=O) groups is 1. The van der Waals surface area contributed by atoms with E-state index in [1.807, 2.05) is 0 Å². The maximum atomic E-state index is 11.1. The summed E-state index contributed by atoms with van der Waals surface area (Å²) in [6.45, 7) is 0. The highest BCUT2D eigenvalue weighted by molar-refractivity contribution is 6.35. The van der Waals surface area contributed by atoms with Crippen molar-refractivity contribution in [3.8, 4) is 22.8 Å².